The van der Waals surface area contributed by atoms with Crippen LogP contribution in [0.15, 0.2) is 12.1 Å². The molecular weight excluding hydrogens is 231 g/mol. The van der Waals surface area contributed by atoms with Crippen molar-refractivity contribution in [2.24, 2.45) is 5.92 Å². The van der Waals surface area contributed by atoms with Crippen LogP contribution in [0.25, 0.3) is 0 Å². The number of benzene rings is 1. The molecule has 0 saturated carbocycles. The molecule has 4 heteroatoms. The predicted octanol–water partition coefficient (Wildman–Crippen LogP) is 3.65. The molecule has 1 aromatic carbocycles. The van der Waals surface area contributed by atoms with Crippen molar-refractivity contribution < 1.29 is 9.13 Å². The number of anilines is 2. The summed E-state index contributed by atoms with van der Waals surface area (Å²) in [4.78, 5) is 0. The lowest BCUT2D eigenvalue weighted by molar-refractivity contribution is 0.231. The Hall–Kier alpha value is -1.45. The largest absolute Gasteiger partial charge is 0.488 e. The zero-order valence-corrected chi connectivity index (χ0v) is 11.8. The first kappa shape index (κ1) is 14.6. The Kier molecular flexibility index (Phi) is 4.82. The van der Waals surface area contributed by atoms with Crippen molar-refractivity contribution in [3.05, 3.63) is 17.9 Å². The number of nitrogen functional groups attached to an aromatic ring is 1. The van der Waals surface area contributed by atoms with E-state index in [2.05, 4.69) is 26.1 Å². The minimum Gasteiger partial charge on any atom is -0.488 e. The quantitative estimate of drug-likeness (QED) is 0.788. The molecule has 0 aromatic heterocycles. The summed E-state index contributed by atoms with van der Waals surface area (Å²) in [5, 5.41) is 3.28. The minimum atomic E-state index is -0.427. The summed E-state index contributed by atoms with van der Waals surface area (Å²) in [6.45, 7) is 10.0. The fourth-order valence-electron chi connectivity index (χ4n) is 1.45. The van der Waals surface area contributed by atoms with Crippen LogP contribution < -0.4 is 15.8 Å². The first-order valence-corrected chi connectivity index (χ1v) is 6.33. The van der Waals surface area contributed by atoms with Gasteiger partial charge in [-0.1, -0.05) is 13.8 Å². The average molecular weight is 254 g/mol. The summed E-state index contributed by atoms with van der Waals surface area (Å²) in [6, 6.07) is 3.18. The molecular formula is C14H23FN2O. The maximum absolute atomic E-state index is 13.7. The van der Waals surface area contributed by atoms with Gasteiger partial charge in [-0.05, 0) is 26.7 Å². The van der Waals surface area contributed by atoms with Crippen molar-refractivity contribution in [2.75, 3.05) is 11.1 Å². The third kappa shape index (κ3) is 3.79. The Morgan fingerprint density at radius 2 is 1.78 bits per heavy atom. The summed E-state index contributed by atoms with van der Waals surface area (Å²) in [6.07, 6.45) is -0.0708. The Morgan fingerprint density at radius 1 is 1.17 bits per heavy atom. The first-order valence-electron chi connectivity index (χ1n) is 6.33. The van der Waals surface area contributed by atoms with Crippen LogP contribution in [0.4, 0.5) is 15.8 Å². The van der Waals surface area contributed by atoms with Crippen molar-refractivity contribution in [2.45, 2.75) is 46.8 Å². The minimum absolute atomic E-state index is 0.0708. The predicted molar refractivity (Wildman–Crippen MR) is 74.5 cm³/mol. The second kappa shape index (κ2) is 5.94. The van der Waals surface area contributed by atoms with Crippen molar-refractivity contribution in [1.82, 2.24) is 0 Å². The van der Waals surface area contributed by atoms with Crippen LogP contribution in [0, 0.1) is 11.7 Å². The molecule has 1 aromatic rings. The van der Waals surface area contributed by atoms with Gasteiger partial charge in [0.1, 0.15) is 0 Å². The van der Waals surface area contributed by atoms with Crippen molar-refractivity contribution >= 4 is 11.4 Å². The normalized spacial score (nSPS) is 12.9. The summed E-state index contributed by atoms with van der Waals surface area (Å²) in [5.74, 6) is 0.269. The zero-order valence-electron chi connectivity index (χ0n) is 11.8. The topological polar surface area (TPSA) is 47.3 Å². The van der Waals surface area contributed by atoms with Crippen molar-refractivity contribution in [1.29, 1.82) is 0 Å². The Bertz CT molecular complexity index is 405. The van der Waals surface area contributed by atoms with Crippen LogP contribution in [0.3, 0.4) is 0 Å². The van der Waals surface area contributed by atoms with Gasteiger partial charge in [0.15, 0.2) is 11.6 Å². The first-order chi connectivity index (χ1) is 8.31. The highest BCUT2D eigenvalue weighted by Crippen LogP contribution is 2.29. The third-order valence-electron chi connectivity index (χ3n) is 2.85. The molecule has 0 radical (unpaired) electrons. The molecule has 0 amide bonds. The molecule has 0 bridgehead atoms. The van der Waals surface area contributed by atoms with Crippen LogP contribution in [0.5, 0.6) is 5.75 Å². The molecule has 0 saturated heterocycles. The van der Waals surface area contributed by atoms with Gasteiger partial charge in [-0.15, -0.1) is 0 Å². The Morgan fingerprint density at radius 3 is 2.28 bits per heavy atom. The van der Waals surface area contributed by atoms with E-state index in [1.165, 1.54) is 6.07 Å². The molecule has 1 rings (SSSR count). The number of rotatable bonds is 5. The molecule has 1 unspecified atom stereocenters. The molecule has 0 heterocycles. The van der Waals surface area contributed by atoms with E-state index >= 15 is 0 Å². The smallest absolute Gasteiger partial charge is 0.167 e. The lowest BCUT2D eigenvalue weighted by Crippen LogP contribution is -2.22. The van der Waals surface area contributed by atoms with Gasteiger partial charge in [-0.2, -0.15) is 0 Å². The lowest BCUT2D eigenvalue weighted by Gasteiger charge is -2.21. The zero-order chi connectivity index (χ0) is 13.9. The summed E-state index contributed by atoms with van der Waals surface area (Å²) >= 11 is 0. The molecule has 18 heavy (non-hydrogen) atoms. The monoisotopic (exact) mass is 254 g/mol. The van der Waals surface area contributed by atoms with Crippen LogP contribution in [0.2, 0.25) is 0 Å². The molecule has 0 fully saturated rings. The van der Waals surface area contributed by atoms with Crippen molar-refractivity contribution in [3.63, 3.8) is 0 Å². The van der Waals surface area contributed by atoms with E-state index in [1.54, 1.807) is 6.07 Å². The highest BCUT2D eigenvalue weighted by atomic mass is 19.1. The van der Waals surface area contributed by atoms with Gasteiger partial charge in [0.25, 0.3) is 0 Å². The van der Waals surface area contributed by atoms with E-state index in [1.807, 2.05) is 13.8 Å². The van der Waals surface area contributed by atoms with E-state index in [-0.39, 0.29) is 17.9 Å². The van der Waals surface area contributed by atoms with Crippen LogP contribution >= 0.6 is 0 Å². The molecule has 1 atom stereocenters. The summed E-state index contributed by atoms with van der Waals surface area (Å²) < 4.78 is 19.1. The number of nitrogens with two attached hydrogens (primary N) is 1. The van der Waals surface area contributed by atoms with E-state index in [9.17, 15) is 4.39 Å². The Labute approximate surface area is 109 Å². The van der Waals surface area contributed by atoms with Crippen LogP contribution in [-0.2, 0) is 0 Å². The molecule has 0 aliphatic rings. The van der Waals surface area contributed by atoms with E-state index in [0.29, 0.717) is 17.3 Å². The van der Waals surface area contributed by atoms with E-state index < -0.39 is 5.82 Å². The number of ether oxygens (including phenoxy) is 1. The molecule has 3 nitrogen and oxygen atoms in total. The fourth-order valence-corrected chi connectivity index (χ4v) is 1.45. The highest BCUT2D eigenvalue weighted by Gasteiger charge is 2.13. The summed E-state index contributed by atoms with van der Waals surface area (Å²) in [5.41, 5.74) is 6.93. The van der Waals surface area contributed by atoms with E-state index in [0.717, 1.165) is 0 Å². The van der Waals surface area contributed by atoms with Gasteiger partial charge < -0.3 is 15.8 Å². The van der Waals surface area contributed by atoms with Gasteiger partial charge in [-0.3, -0.25) is 0 Å². The van der Waals surface area contributed by atoms with Gasteiger partial charge in [0.2, 0.25) is 0 Å². The highest BCUT2D eigenvalue weighted by molar-refractivity contribution is 5.69. The number of hydrogen-bond acceptors (Lipinski definition) is 3. The van der Waals surface area contributed by atoms with Crippen molar-refractivity contribution in [3.8, 4) is 5.75 Å². The summed E-state index contributed by atoms with van der Waals surface area (Å²) in [7, 11) is 0. The van der Waals surface area contributed by atoms with Gasteiger partial charge >= 0.3 is 0 Å². The molecule has 102 valence electrons. The molecule has 0 aliphatic heterocycles. The van der Waals surface area contributed by atoms with Gasteiger partial charge in [-0.25, -0.2) is 4.39 Å². The maximum Gasteiger partial charge on any atom is 0.167 e. The van der Waals surface area contributed by atoms with Gasteiger partial charge in [0, 0.05) is 18.2 Å². The van der Waals surface area contributed by atoms with Crippen LogP contribution in [-0.4, -0.2) is 12.1 Å². The number of halogens is 1. The molecule has 3 N–H and O–H groups in total. The second-order valence-corrected chi connectivity index (χ2v) is 5.21. The van der Waals surface area contributed by atoms with Crippen LogP contribution in [0.1, 0.15) is 34.6 Å². The fraction of sp³-hybridized carbons (Fsp3) is 0.571. The average Bonchev–Trinajstić information content (AvgIpc) is 2.24. The second-order valence-electron chi connectivity index (χ2n) is 5.21. The Balaban J connectivity index is 2.97. The maximum atomic E-state index is 13.7. The van der Waals surface area contributed by atoms with Gasteiger partial charge in [0.05, 0.1) is 17.5 Å². The standard InChI is InChI=1S/C14H23FN2O/c1-8(2)10(5)17-13-7-14(18-9(3)4)11(15)6-12(13)16/h6-10,17H,16H2,1-5H3. The third-order valence-corrected chi connectivity index (χ3v) is 2.85. The number of hydrogen-bond donors (Lipinski definition) is 2. The van der Waals surface area contributed by atoms with E-state index in [4.69, 9.17) is 10.5 Å². The lowest BCUT2D eigenvalue weighted by atomic mass is 10.1. The number of nitrogens with one attached hydrogen (secondary N) is 1. The molecule has 0 aliphatic carbocycles. The SMILES string of the molecule is CC(C)Oc1cc(NC(C)C(C)C)c(N)cc1F. The molecule has 0 spiro atoms.